The van der Waals surface area contributed by atoms with Crippen LogP contribution in [0.5, 0.6) is 0 Å². The lowest BCUT2D eigenvalue weighted by Crippen LogP contribution is -2.30. The smallest absolute Gasteiger partial charge is 0.306 e. The van der Waals surface area contributed by atoms with Crippen LogP contribution in [0, 0.1) is 0 Å². The molecule has 0 N–H and O–H groups in total. The summed E-state index contributed by atoms with van der Waals surface area (Å²) in [4.78, 5) is 37.9. The number of hydrogen-bond donors (Lipinski definition) is 0. The van der Waals surface area contributed by atoms with Crippen LogP contribution < -0.4 is 0 Å². The molecule has 0 aliphatic heterocycles. The average Bonchev–Trinajstić information content (AvgIpc) is 3.30. The van der Waals surface area contributed by atoms with Crippen molar-refractivity contribution in [2.24, 2.45) is 0 Å². The Labute approximate surface area is 397 Å². The standard InChI is InChI=1S/C59H90O6/c1-4-7-10-13-16-19-22-24-26-28-30-32-33-35-37-40-43-46-49-52-58(61)64-55-56(54-63-57(60)51-48-45-42-39-21-18-15-12-9-6-3)65-59(62)53-50-47-44-41-38-36-34-31-29-27-25-23-20-17-14-11-8-5-2/h7,10,13,15-20,22-35,37,56H,4-6,8-9,11-12,14,21,36,38-55H2,1-3H3/b10-7-,16-13-,18-15-,20-17-,22-19-,25-23-,26-24-,29-27-,30-28+,33-32-,34-31-,37-35-. The summed E-state index contributed by atoms with van der Waals surface area (Å²) in [6.45, 7) is 6.31. The predicted molar refractivity (Wildman–Crippen MR) is 279 cm³/mol. The Morgan fingerprint density at radius 1 is 0.323 bits per heavy atom. The van der Waals surface area contributed by atoms with E-state index in [4.69, 9.17) is 14.2 Å². The molecule has 0 radical (unpaired) electrons. The number of ether oxygens (including phenoxy) is 3. The summed E-state index contributed by atoms with van der Waals surface area (Å²) in [7, 11) is 0. The van der Waals surface area contributed by atoms with Crippen LogP contribution in [0.25, 0.3) is 0 Å². The Morgan fingerprint density at radius 2 is 0.631 bits per heavy atom. The van der Waals surface area contributed by atoms with Gasteiger partial charge in [0, 0.05) is 19.3 Å². The van der Waals surface area contributed by atoms with Crippen LogP contribution in [-0.4, -0.2) is 37.2 Å². The van der Waals surface area contributed by atoms with Crippen molar-refractivity contribution in [3.8, 4) is 0 Å². The van der Waals surface area contributed by atoms with Gasteiger partial charge in [0.15, 0.2) is 6.10 Å². The average molecular weight is 895 g/mol. The summed E-state index contributed by atoms with van der Waals surface area (Å²) in [6.07, 6.45) is 73.9. The number of allylic oxidation sites excluding steroid dienone is 24. The third kappa shape index (κ3) is 50.2. The zero-order valence-corrected chi connectivity index (χ0v) is 41.2. The number of rotatable bonds is 43. The Bertz CT molecular complexity index is 1490. The van der Waals surface area contributed by atoms with Gasteiger partial charge in [-0.05, 0) is 83.5 Å². The molecule has 0 saturated heterocycles. The molecule has 0 rings (SSSR count). The fourth-order valence-corrected chi connectivity index (χ4v) is 6.24. The fraction of sp³-hybridized carbons (Fsp3) is 0.542. The molecule has 0 aromatic heterocycles. The van der Waals surface area contributed by atoms with Gasteiger partial charge in [-0.3, -0.25) is 14.4 Å². The Kier molecular flexibility index (Phi) is 48.2. The van der Waals surface area contributed by atoms with Crippen molar-refractivity contribution in [1.29, 1.82) is 0 Å². The molecule has 362 valence electrons. The highest BCUT2D eigenvalue weighted by atomic mass is 16.6. The minimum absolute atomic E-state index is 0.116. The predicted octanol–water partition coefficient (Wildman–Crippen LogP) is 16.9. The van der Waals surface area contributed by atoms with Gasteiger partial charge >= 0.3 is 17.9 Å². The molecule has 1 unspecified atom stereocenters. The molecule has 0 saturated carbocycles. The molecule has 0 aliphatic rings. The summed E-state index contributed by atoms with van der Waals surface area (Å²) in [5.74, 6) is -1.01. The van der Waals surface area contributed by atoms with E-state index in [1.54, 1.807) is 0 Å². The maximum absolute atomic E-state index is 12.8. The molecular formula is C59H90O6. The maximum atomic E-state index is 12.8. The van der Waals surface area contributed by atoms with Gasteiger partial charge in [-0.1, -0.05) is 231 Å². The quantitative estimate of drug-likeness (QED) is 0.0199. The van der Waals surface area contributed by atoms with Gasteiger partial charge in [-0.2, -0.15) is 0 Å². The highest BCUT2D eigenvalue weighted by Gasteiger charge is 2.19. The van der Waals surface area contributed by atoms with Crippen molar-refractivity contribution in [3.05, 3.63) is 146 Å². The van der Waals surface area contributed by atoms with Crippen LogP contribution in [0.3, 0.4) is 0 Å². The summed E-state index contributed by atoms with van der Waals surface area (Å²) < 4.78 is 16.7. The maximum Gasteiger partial charge on any atom is 0.306 e. The first-order valence-corrected chi connectivity index (χ1v) is 25.5. The van der Waals surface area contributed by atoms with Gasteiger partial charge in [0.25, 0.3) is 0 Å². The lowest BCUT2D eigenvalue weighted by atomic mass is 10.1. The summed E-state index contributed by atoms with van der Waals surface area (Å²) in [5, 5.41) is 0. The van der Waals surface area contributed by atoms with Crippen molar-refractivity contribution >= 4 is 17.9 Å². The minimum Gasteiger partial charge on any atom is -0.462 e. The molecule has 65 heavy (non-hydrogen) atoms. The van der Waals surface area contributed by atoms with E-state index in [0.29, 0.717) is 19.3 Å². The number of carbonyl (C=O) groups excluding carboxylic acids is 3. The van der Waals surface area contributed by atoms with Gasteiger partial charge in [0.1, 0.15) is 13.2 Å². The molecule has 0 spiro atoms. The lowest BCUT2D eigenvalue weighted by Gasteiger charge is -2.18. The fourth-order valence-electron chi connectivity index (χ4n) is 6.24. The van der Waals surface area contributed by atoms with Crippen LogP contribution in [0.15, 0.2) is 146 Å². The summed E-state index contributed by atoms with van der Waals surface area (Å²) >= 11 is 0. The number of unbranched alkanes of at least 4 members (excludes halogenated alkanes) is 17. The molecular weight excluding hydrogens is 805 g/mol. The Balaban J connectivity index is 4.56. The van der Waals surface area contributed by atoms with Crippen LogP contribution in [0.2, 0.25) is 0 Å². The van der Waals surface area contributed by atoms with Gasteiger partial charge < -0.3 is 14.2 Å². The second kappa shape index (κ2) is 51.9. The van der Waals surface area contributed by atoms with Gasteiger partial charge in [0.2, 0.25) is 0 Å². The van der Waals surface area contributed by atoms with E-state index in [0.717, 1.165) is 109 Å². The summed E-state index contributed by atoms with van der Waals surface area (Å²) in [6, 6.07) is 0. The second-order valence-electron chi connectivity index (χ2n) is 16.3. The third-order valence-electron chi connectivity index (χ3n) is 10.1. The van der Waals surface area contributed by atoms with Crippen molar-refractivity contribution < 1.29 is 28.6 Å². The first kappa shape index (κ1) is 60.3. The normalized spacial score (nSPS) is 13.3. The van der Waals surface area contributed by atoms with Gasteiger partial charge in [-0.25, -0.2) is 0 Å². The highest BCUT2D eigenvalue weighted by molar-refractivity contribution is 5.71. The molecule has 0 fully saturated rings. The van der Waals surface area contributed by atoms with Crippen molar-refractivity contribution in [2.45, 2.75) is 194 Å². The number of carbonyl (C=O) groups is 3. The van der Waals surface area contributed by atoms with Gasteiger partial charge in [-0.15, -0.1) is 0 Å². The highest BCUT2D eigenvalue weighted by Crippen LogP contribution is 2.12. The molecule has 0 aromatic rings. The molecule has 0 aliphatic carbocycles. The molecule has 0 amide bonds. The van der Waals surface area contributed by atoms with E-state index in [1.165, 1.54) is 32.1 Å². The zero-order chi connectivity index (χ0) is 47.2. The van der Waals surface area contributed by atoms with E-state index in [2.05, 4.69) is 93.7 Å². The molecule has 0 bridgehead atoms. The number of hydrogen-bond acceptors (Lipinski definition) is 6. The molecule has 0 aromatic carbocycles. The topological polar surface area (TPSA) is 78.9 Å². The van der Waals surface area contributed by atoms with E-state index < -0.39 is 6.10 Å². The van der Waals surface area contributed by atoms with Crippen molar-refractivity contribution in [3.63, 3.8) is 0 Å². The summed E-state index contributed by atoms with van der Waals surface area (Å²) in [5.41, 5.74) is 0. The van der Waals surface area contributed by atoms with Crippen LogP contribution in [0.4, 0.5) is 0 Å². The van der Waals surface area contributed by atoms with E-state index in [-0.39, 0.29) is 37.5 Å². The second-order valence-corrected chi connectivity index (χ2v) is 16.3. The van der Waals surface area contributed by atoms with Crippen LogP contribution in [0.1, 0.15) is 188 Å². The van der Waals surface area contributed by atoms with Gasteiger partial charge in [0.05, 0.1) is 0 Å². The van der Waals surface area contributed by atoms with E-state index in [1.807, 2.05) is 72.9 Å². The van der Waals surface area contributed by atoms with Crippen molar-refractivity contribution in [1.82, 2.24) is 0 Å². The van der Waals surface area contributed by atoms with E-state index >= 15 is 0 Å². The van der Waals surface area contributed by atoms with E-state index in [9.17, 15) is 14.4 Å². The Hall–Kier alpha value is -4.71. The number of esters is 3. The third-order valence-corrected chi connectivity index (χ3v) is 10.1. The monoisotopic (exact) mass is 895 g/mol. The van der Waals surface area contributed by atoms with Crippen LogP contribution >= 0.6 is 0 Å². The Morgan fingerprint density at radius 3 is 1.05 bits per heavy atom. The lowest BCUT2D eigenvalue weighted by molar-refractivity contribution is -0.167. The molecule has 6 heteroatoms. The largest absolute Gasteiger partial charge is 0.462 e. The zero-order valence-electron chi connectivity index (χ0n) is 41.2. The molecule has 1 atom stereocenters. The minimum atomic E-state index is -0.820. The first-order valence-electron chi connectivity index (χ1n) is 25.5. The van der Waals surface area contributed by atoms with Crippen molar-refractivity contribution in [2.75, 3.05) is 13.2 Å². The SMILES string of the molecule is CC\C=C/C=C\C=C/C=C\C=C\C=C/C=C\CCCCCC(=O)OCC(COC(=O)CCCCCC/C=C\CCCC)OC(=O)CCCCCCC\C=C/C=C\C=C/C=C\CCCCC. The molecule has 0 heterocycles. The van der Waals surface area contributed by atoms with Crippen LogP contribution in [-0.2, 0) is 28.6 Å². The molecule has 6 nitrogen and oxygen atoms in total. The first-order chi connectivity index (χ1) is 32.0.